The molecule has 1 N–H and O–H groups in total. The third kappa shape index (κ3) is 1.87. The molecule has 0 saturated carbocycles. The summed E-state index contributed by atoms with van der Waals surface area (Å²) in [6.45, 7) is 7.54. The van der Waals surface area contributed by atoms with Crippen molar-refractivity contribution in [2.24, 2.45) is 0 Å². The first kappa shape index (κ1) is 9.46. The number of aryl methyl sites for hydroxylation is 1. The molecule has 0 bridgehead atoms. The van der Waals surface area contributed by atoms with Crippen LogP contribution in [0.5, 0.6) is 0 Å². The fourth-order valence-corrected chi connectivity index (χ4v) is 1.92. The third-order valence-electron chi connectivity index (χ3n) is 2.69. The van der Waals surface area contributed by atoms with E-state index in [2.05, 4.69) is 35.1 Å². The molecule has 14 heavy (non-hydrogen) atoms. The summed E-state index contributed by atoms with van der Waals surface area (Å²) < 4.78 is 0. The quantitative estimate of drug-likeness (QED) is 0.722. The molecule has 3 nitrogen and oxygen atoms in total. The second-order valence-electron chi connectivity index (χ2n) is 3.97. The molecule has 1 aliphatic heterocycles. The second-order valence-corrected chi connectivity index (χ2v) is 3.97. The van der Waals surface area contributed by atoms with Crippen molar-refractivity contribution < 1.29 is 0 Å². The van der Waals surface area contributed by atoms with Crippen molar-refractivity contribution in [2.75, 3.05) is 24.5 Å². The zero-order valence-corrected chi connectivity index (χ0v) is 8.83. The lowest BCUT2D eigenvalue weighted by atomic mass is 10.2. The standard InChI is InChI=1S/C11H17N3/c1-9-5-11(8-13-6-9)14-4-3-12-7-10(14)2/h5-6,8,10,12H,3-4,7H2,1-2H3. The lowest BCUT2D eigenvalue weighted by molar-refractivity contribution is 0.500. The molecule has 1 aliphatic rings. The summed E-state index contributed by atoms with van der Waals surface area (Å²) in [5.74, 6) is 0. The summed E-state index contributed by atoms with van der Waals surface area (Å²) in [6.07, 6.45) is 3.85. The van der Waals surface area contributed by atoms with Crippen LogP contribution in [0.3, 0.4) is 0 Å². The molecular formula is C11H17N3. The molecular weight excluding hydrogens is 174 g/mol. The maximum absolute atomic E-state index is 4.23. The van der Waals surface area contributed by atoms with Gasteiger partial charge in [-0.1, -0.05) is 0 Å². The number of piperazine rings is 1. The van der Waals surface area contributed by atoms with Crippen molar-refractivity contribution >= 4 is 5.69 Å². The lowest BCUT2D eigenvalue weighted by Gasteiger charge is -2.35. The van der Waals surface area contributed by atoms with Crippen molar-refractivity contribution in [1.29, 1.82) is 0 Å². The first-order chi connectivity index (χ1) is 6.77. The fourth-order valence-electron chi connectivity index (χ4n) is 1.92. The van der Waals surface area contributed by atoms with E-state index in [0.717, 1.165) is 19.6 Å². The molecule has 76 valence electrons. The average molecular weight is 191 g/mol. The van der Waals surface area contributed by atoms with E-state index in [-0.39, 0.29) is 0 Å². The van der Waals surface area contributed by atoms with Crippen molar-refractivity contribution in [3.63, 3.8) is 0 Å². The average Bonchev–Trinajstić information content (AvgIpc) is 2.18. The Hall–Kier alpha value is -1.09. The van der Waals surface area contributed by atoms with E-state index in [1.54, 1.807) is 0 Å². The van der Waals surface area contributed by atoms with Crippen molar-refractivity contribution in [3.8, 4) is 0 Å². The Morgan fingerprint density at radius 2 is 2.36 bits per heavy atom. The van der Waals surface area contributed by atoms with Gasteiger partial charge in [0.2, 0.25) is 0 Å². The van der Waals surface area contributed by atoms with Gasteiger partial charge in [-0.25, -0.2) is 0 Å². The van der Waals surface area contributed by atoms with Gasteiger partial charge in [0.1, 0.15) is 0 Å². The van der Waals surface area contributed by atoms with Gasteiger partial charge in [0, 0.05) is 31.9 Å². The van der Waals surface area contributed by atoms with Gasteiger partial charge < -0.3 is 10.2 Å². The smallest absolute Gasteiger partial charge is 0.0558 e. The van der Waals surface area contributed by atoms with Crippen molar-refractivity contribution in [2.45, 2.75) is 19.9 Å². The van der Waals surface area contributed by atoms with Crippen LogP contribution in [0.4, 0.5) is 5.69 Å². The third-order valence-corrected chi connectivity index (χ3v) is 2.69. The van der Waals surface area contributed by atoms with Gasteiger partial charge in [-0.15, -0.1) is 0 Å². The Labute approximate surface area is 85.1 Å². The molecule has 1 aromatic heterocycles. The molecule has 0 aliphatic carbocycles. The number of aromatic nitrogens is 1. The Kier molecular flexibility index (Phi) is 2.68. The topological polar surface area (TPSA) is 28.2 Å². The highest BCUT2D eigenvalue weighted by Crippen LogP contribution is 2.17. The number of hydrogen-bond acceptors (Lipinski definition) is 3. The molecule has 0 radical (unpaired) electrons. The normalized spacial score (nSPS) is 22.4. The van der Waals surface area contributed by atoms with E-state index in [1.807, 2.05) is 12.4 Å². The monoisotopic (exact) mass is 191 g/mol. The molecule has 2 rings (SSSR count). The molecule has 0 amide bonds. The Balaban J connectivity index is 2.20. The highest BCUT2D eigenvalue weighted by molar-refractivity contribution is 5.47. The van der Waals surface area contributed by atoms with Crippen LogP contribution in [0.1, 0.15) is 12.5 Å². The lowest BCUT2D eigenvalue weighted by Crippen LogP contribution is -2.49. The summed E-state index contributed by atoms with van der Waals surface area (Å²) >= 11 is 0. The SMILES string of the molecule is Cc1cncc(N2CCNCC2C)c1. The van der Waals surface area contributed by atoms with Crippen molar-refractivity contribution in [1.82, 2.24) is 10.3 Å². The molecule has 1 aromatic rings. The first-order valence-corrected chi connectivity index (χ1v) is 5.16. The summed E-state index contributed by atoms with van der Waals surface area (Å²) in [5, 5.41) is 3.39. The number of nitrogens with zero attached hydrogens (tertiary/aromatic N) is 2. The van der Waals surface area contributed by atoms with Crippen LogP contribution in [-0.2, 0) is 0 Å². The molecule has 1 saturated heterocycles. The van der Waals surface area contributed by atoms with Crippen LogP contribution in [0.15, 0.2) is 18.5 Å². The minimum atomic E-state index is 0.562. The summed E-state index contributed by atoms with van der Waals surface area (Å²) in [7, 11) is 0. The molecule has 1 fully saturated rings. The van der Waals surface area contributed by atoms with Gasteiger partial charge in [-0.05, 0) is 25.5 Å². The molecule has 1 unspecified atom stereocenters. The van der Waals surface area contributed by atoms with Gasteiger partial charge in [0.15, 0.2) is 0 Å². The van der Waals surface area contributed by atoms with Crippen LogP contribution in [0, 0.1) is 6.92 Å². The molecule has 1 atom stereocenters. The maximum atomic E-state index is 4.23. The van der Waals surface area contributed by atoms with Crippen LogP contribution in [0.2, 0.25) is 0 Å². The number of nitrogens with one attached hydrogen (secondary N) is 1. The summed E-state index contributed by atoms with van der Waals surface area (Å²) in [5.41, 5.74) is 2.48. The van der Waals surface area contributed by atoms with E-state index in [4.69, 9.17) is 0 Å². The second kappa shape index (κ2) is 3.96. The van der Waals surface area contributed by atoms with Gasteiger partial charge in [0.25, 0.3) is 0 Å². The number of anilines is 1. The molecule has 2 heterocycles. The Morgan fingerprint density at radius 3 is 3.07 bits per heavy atom. The van der Waals surface area contributed by atoms with E-state index in [1.165, 1.54) is 11.3 Å². The first-order valence-electron chi connectivity index (χ1n) is 5.16. The van der Waals surface area contributed by atoms with E-state index in [9.17, 15) is 0 Å². The van der Waals surface area contributed by atoms with E-state index < -0.39 is 0 Å². The molecule has 3 heteroatoms. The van der Waals surface area contributed by atoms with Gasteiger partial charge in [-0.2, -0.15) is 0 Å². The van der Waals surface area contributed by atoms with Crippen LogP contribution < -0.4 is 10.2 Å². The largest absolute Gasteiger partial charge is 0.365 e. The van der Waals surface area contributed by atoms with Gasteiger partial charge >= 0.3 is 0 Å². The summed E-state index contributed by atoms with van der Waals surface area (Å²) in [6, 6.07) is 2.77. The minimum Gasteiger partial charge on any atom is -0.365 e. The number of rotatable bonds is 1. The molecule has 0 aromatic carbocycles. The minimum absolute atomic E-state index is 0.562. The van der Waals surface area contributed by atoms with E-state index >= 15 is 0 Å². The Morgan fingerprint density at radius 1 is 1.50 bits per heavy atom. The maximum Gasteiger partial charge on any atom is 0.0558 e. The molecule has 0 spiro atoms. The van der Waals surface area contributed by atoms with Crippen LogP contribution in [-0.4, -0.2) is 30.7 Å². The zero-order chi connectivity index (χ0) is 9.97. The predicted molar refractivity (Wildman–Crippen MR) is 58.7 cm³/mol. The predicted octanol–water partition coefficient (Wildman–Crippen LogP) is 1.19. The van der Waals surface area contributed by atoms with Gasteiger partial charge in [0.05, 0.1) is 11.9 Å². The van der Waals surface area contributed by atoms with Gasteiger partial charge in [-0.3, -0.25) is 4.98 Å². The highest BCUT2D eigenvalue weighted by atomic mass is 15.2. The zero-order valence-electron chi connectivity index (χ0n) is 8.83. The van der Waals surface area contributed by atoms with E-state index in [0.29, 0.717) is 6.04 Å². The number of pyridine rings is 1. The van der Waals surface area contributed by atoms with Crippen molar-refractivity contribution in [3.05, 3.63) is 24.0 Å². The number of hydrogen-bond donors (Lipinski definition) is 1. The van der Waals surface area contributed by atoms with Crippen LogP contribution >= 0.6 is 0 Å². The fraction of sp³-hybridized carbons (Fsp3) is 0.545. The Bertz CT molecular complexity index is 311. The highest BCUT2D eigenvalue weighted by Gasteiger charge is 2.17. The summed E-state index contributed by atoms with van der Waals surface area (Å²) in [4.78, 5) is 6.64. The van der Waals surface area contributed by atoms with Crippen LogP contribution in [0.25, 0.3) is 0 Å².